The molecule has 1 unspecified atom stereocenters. The summed E-state index contributed by atoms with van der Waals surface area (Å²) >= 11 is 0. The fourth-order valence-electron chi connectivity index (χ4n) is 3.00. The van der Waals surface area contributed by atoms with Gasteiger partial charge in [0.1, 0.15) is 0 Å². The van der Waals surface area contributed by atoms with E-state index in [1.165, 1.54) is 32.1 Å². The summed E-state index contributed by atoms with van der Waals surface area (Å²) in [6.45, 7) is 5.33. The minimum absolute atomic E-state index is 0.158. The summed E-state index contributed by atoms with van der Waals surface area (Å²) in [5, 5.41) is 0. The lowest BCUT2D eigenvalue weighted by Crippen LogP contribution is -2.49. The number of carbonyl (C=O) groups excluding carboxylic acids is 1. The molecule has 0 aromatic rings. The molecule has 0 bridgehead atoms. The molecule has 3 heteroatoms. The van der Waals surface area contributed by atoms with Crippen LogP contribution in [0.25, 0.3) is 0 Å². The minimum Gasteiger partial charge on any atom is -0.341 e. The van der Waals surface area contributed by atoms with Crippen molar-refractivity contribution in [1.29, 1.82) is 0 Å². The van der Waals surface area contributed by atoms with Crippen molar-refractivity contribution in [2.24, 2.45) is 5.92 Å². The highest BCUT2D eigenvalue weighted by atomic mass is 16.2. The zero-order valence-electron chi connectivity index (χ0n) is 11.3. The number of hydrogen-bond donors (Lipinski definition) is 0. The Bertz CT molecular complexity index is 259. The van der Waals surface area contributed by atoms with Gasteiger partial charge in [0, 0.05) is 13.1 Å². The van der Waals surface area contributed by atoms with Crippen LogP contribution in [0.1, 0.15) is 45.4 Å². The van der Waals surface area contributed by atoms with E-state index in [1.807, 2.05) is 0 Å². The molecule has 0 aromatic heterocycles. The number of carbonyl (C=O) groups is 1. The van der Waals surface area contributed by atoms with Gasteiger partial charge in [-0.1, -0.05) is 19.8 Å². The van der Waals surface area contributed by atoms with Crippen molar-refractivity contribution < 1.29 is 4.79 Å². The largest absolute Gasteiger partial charge is 0.341 e. The predicted molar refractivity (Wildman–Crippen MR) is 69.9 cm³/mol. The van der Waals surface area contributed by atoms with Gasteiger partial charge in [0.15, 0.2) is 0 Å². The lowest BCUT2D eigenvalue weighted by Gasteiger charge is -2.35. The third kappa shape index (κ3) is 3.21. The second kappa shape index (κ2) is 5.85. The number of likely N-dealkylation sites (tertiary alicyclic amines) is 2. The molecule has 98 valence electrons. The van der Waals surface area contributed by atoms with Gasteiger partial charge in [0.25, 0.3) is 0 Å². The molecule has 0 N–H and O–H groups in total. The molecule has 2 heterocycles. The van der Waals surface area contributed by atoms with Gasteiger partial charge in [-0.15, -0.1) is 0 Å². The molecule has 2 rings (SSSR count). The Labute approximate surface area is 105 Å². The van der Waals surface area contributed by atoms with Crippen molar-refractivity contribution in [1.82, 2.24) is 9.80 Å². The Hall–Kier alpha value is -0.570. The Morgan fingerprint density at radius 3 is 2.41 bits per heavy atom. The second-order valence-electron chi connectivity index (χ2n) is 5.85. The zero-order chi connectivity index (χ0) is 12.3. The summed E-state index contributed by atoms with van der Waals surface area (Å²) < 4.78 is 0. The number of rotatable bonds is 1. The molecule has 0 aliphatic carbocycles. The summed E-state index contributed by atoms with van der Waals surface area (Å²) in [5.41, 5.74) is 0. The van der Waals surface area contributed by atoms with Gasteiger partial charge in [-0.25, -0.2) is 0 Å². The Morgan fingerprint density at radius 1 is 1.00 bits per heavy atom. The minimum atomic E-state index is 0.158. The van der Waals surface area contributed by atoms with E-state index in [-0.39, 0.29) is 6.04 Å². The maximum absolute atomic E-state index is 12.5. The Kier molecular flexibility index (Phi) is 4.43. The topological polar surface area (TPSA) is 23.6 Å². The van der Waals surface area contributed by atoms with Crippen LogP contribution < -0.4 is 0 Å². The van der Waals surface area contributed by atoms with Crippen LogP contribution in [0.3, 0.4) is 0 Å². The van der Waals surface area contributed by atoms with Crippen LogP contribution in [0.4, 0.5) is 0 Å². The fourth-order valence-corrected chi connectivity index (χ4v) is 3.00. The average Bonchev–Trinajstić information content (AvgIpc) is 2.54. The second-order valence-corrected chi connectivity index (χ2v) is 5.85. The molecule has 0 spiro atoms. The van der Waals surface area contributed by atoms with Crippen molar-refractivity contribution in [2.45, 2.75) is 51.5 Å². The summed E-state index contributed by atoms with van der Waals surface area (Å²) in [6, 6.07) is 0.158. The molecule has 1 amide bonds. The van der Waals surface area contributed by atoms with E-state index in [0.717, 1.165) is 32.0 Å². The Morgan fingerprint density at radius 2 is 1.71 bits per heavy atom. The van der Waals surface area contributed by atoms with Gasteiger partial charge < -0.3 is 4.90 Å². The highest BCUT2D eigenvalue weighted by molar-refractivity contribution is 5.82. The monoisotopic (exact) mass is 238 g/mol. The van der Waals surface area contributed by atoms with E-state index < -0.39 is 0 Å². The summed E-state index contributed by atoms with van der Waals surface area (Å²) in [5.74, 6) is 1.19. The molecule has 2 aliphatic heterocycles. The first-order valence-corrected chi connectivity index (χ1v) is 7.17. The van der Waals surface area contributed by atoms with Crippen molar-refractivity contribution in [3.05, 3.63) is 0 Å². The van der Waals surface area contributed by atoms with E-state index in [2.05, 4.69) is 23.8 Å². The molecule has 0 aromatic carbocycles. The van der Waals surface area contributed by atoms with Gasteiger partial charge in [-0.2, -0.15) is 0 Å². The summed E-state index contributed by atoms with van der Waals surface area (Å²) in [6.07, 6.45) is 7.17. The van der Waals surface area contributed by atoms with Gasteiger partial charge in [0.05, 0.1) is 6.04 Å². The van der Waals surface area contributed by atoms with Crippen molar-refractivity contribution in [3.63, 3.8) is 0 Å². The highest BCUT2D eigenvalue weighted by Gasteiger charge is 2.30. The van der Waals surface area contributed by atoms with Crippen molar-refractivity contribution in [3.8, 4) is 0 Å². The molecular formula is C14H26N2O. The fraction of sp³-hybridized carbons (Fsp3) is 0.929. The smallest absolute Gasteiger partial charge is 0.239 e. The third-order valence-electron chi connectivity index (χ3n) is 4.40. The first kappa shape index (κ1) is 12.9. The number of hydrogen-bond acceptors (Lipinski definition) is 2. The van der Waals surface area contributed by atoms with E-state index in [9.17, 15) is 4.79 Å². The van der Waals surface area contributed by atoms with E-state index in [1.54, 1.807) is 0 Å². The molecule has 0 saturated carbocycles. The Balaban J connectivity index is 1.93. The molecule has 0 radical (unpaired) electrons. The molecular weight excluding hydrogens is 212 g/mol. The van der Waals surface area contributed by atoms with Gasteiger partial charge in [-0.05, 0) is 45.2 Å². The maximum Gasteiger partial charge on any atom is 0.239 e. The molecule has 17 heavy (non-hydrogen) atoms. The average molecular weight is 238 g/mol. The van der Waals surface area contributed by atoms with E-state index >= 15 is 0 Å². The van der Waals surface area contributed by atoms with Gasteiger partial charge in [0.2, 0.25) is 5.91 Å². The van der Waals surface area contributed by atoms with Crippen LogP contribution in [-0.4, -0.2) is 48.4 Å². The normalized spacial score (nSPS) is 29.1. The lowest BCUT2D eigenvalue weighted by molar-refractivity contribution is -0.138. The zero-order valence-corrected chi connectivity index (χ0v) is 11.3. The van der Waals surface area contributed by atoms with Crippen LogP contribution in [0, 0.1) is 5.92 Å². The molecule has 2 aliphatic rings. The number of piperidine rings is 1. The van der Waals surface area contributed by atoms with Crippen LogP contribution >= 0.6 is 0 Å². The molecule has 1 atom stereocenters. The van der Waals surface area contributed by atoms with Crippen LogP contribution in [0.15, 0.2) is 0 Å². The van der Waals surface area contributed by atoms with E-state index in [4.69, 9.17) is 0 Å². The maximum atomic E-state index is 12.5. The third-order valence-corrected chi connectivity index (χ3v) is 4.40. The number of nitrogens with zero attached hydrogens (tertiary/aromatic N) is 2. The SMILES string of the molecule is CC1CCN(C(=O)C2CCCCCN2C)CC1. The van der Waals surface area contributed by atoms with Crippen LogP contribution in [-0.2, 0) is 4.79 Å². The van der Waals surface area contributed by atoms with Crippen molar-refractivity contribution >= 4 is 5.91 Å². The highest BCUT2D eigenvalue weighted by Crippen LogP contribution is 2.21. The van der Waals surface area contributed by atoms with Gasteiger partial charge in [-0.3, -0.25) is 9.69 Å². The summed E-state index contributed by atoms with van der Waals surface area (Å²) in [7, 11) is 2.11. The van der Waals surface area contributed by atoms with E-state index in [0.29, 0.717) is 5.91 Å². The first-order valence-electron chi connectivity index (χ1n) is 7.17. The first-order chi connectivity index (χ1) is 8.18. The van der Waals surface area contributed by atoms with Gasteiger partial charge >= 0.3 is 0 Å². The predicted octanol–water partition coefficient (Wildman–Crippen LogP) is 2.12. The quantitative estimate of drug-likeness (QED) is 0.698. The number of likely N-dealkylation sites (N-methyl/N-ethyl adjacent to an activating group) is 1. The van der Waals surface area contributed by atoms with Crippen LogP contribution in [0.5, 0.6) is 0 Å². The standard InChI is InChI=1S/C14H26N2O/c1-12-7-10-16(11-8-12)14(17)13-6-4-3-5-9-15(13)2/h12-13H,3-11H2,1-2H3. The lowest BCUT2D eigenvalue weighted by atomic mass is 9.98. The van der Waals surface area contributed by atoms with Crippen LogP contribution in [0.2, 0.25) is 0 Å². The van der Waals surface area contributed by atoms with Crippen molar-refractivity contribution in [2.75, 3.05) is 26.7 Å². The number of amides is 1. The molecule has 2 saturated heterocycles. The molecule has 2 fully saturated rings. The summed E-state index contributed by atoms with van der Waals surface area (Å²) in [4.78, 5) is 16.9. The molecule has 3 nitrogen and oxygen atoms in total.